The summed E-state index contributed by atoms with van der Waals surface area (Å²) < 4.78 is 112. The molecule has 67 heavy (non-hydrogen) atoms. The third kappa shape index (κ3) is 14.7. The zero-order valence-electron chi connectivity index (χ0n) is 35.5. The fraction of sp³-hybridized carbons (Fsp3) is 0.217. The van der Waals surface area contributed by atoms with Crippen LogP contribution in [0.4, 0.5) is 35.1 Å². The quantitative estimate of drug-likeness (QED) is 0.0776. The number of hydrogen-bond acceptors (Lipinski definition) is 7. The van der Waals surface area contributed by atoms with Gasteiger partial charge in [0, 0.05) is 28.5 Å². The van der Waals surface area contributed by atoms with E-state index >= 15 is 0 Å². The van der Waals surface area contributed by atoms with Gasteiger partial charge < -0.3 is 16.8 Å². The summed E-state index contributed by atoms with van der Waals surface area (Å²) in [6.07, 6.45) is -1.75. The average Bonchev–Trinajstić information content (AvgIpc) is 4.16. The van der Waals surface area contributed by atoms with E-state index in [0.29, 0.717) is 39.3 Å². The molecular weight excluding hydrogens is 1030 g/mol. The number of fused-ring (bicyclic) bond motifs is 2. The molecule has 0 bridgehead atoms. The van der Waals surface area contributed by atoms with Gasteiger partial charge in [-0.05, 0) is 122 Å². The van der Waals surface area contributed by atoms with Gasteiger partial charge in [0.1, 0.15) is 11.6 Å². The fourth-order valence-corrected chi connectivity index (χ4v) is 8.44. The smallest absolute Gasteiger partial charge is 0.381 e. The molecule has 21 heteroatoms. The van der Waals surface area contributed by atoms with E-state index in [9.17, 15) is 45.0 Å². The number of unbranched alkanes of at least 4 members (excludes halogenated alkanes) is 1. The summed E-state index contributed by atoms with van der Waals surface area (Å²) in [5.41, 5.74) is -0.616. The minimum Gasteiger partial charge on any atom is -0.381 e. The number of nitrogens with zero attached hydrogens (tertiary/aromatic N) is 4. The Bertz CT molecular complexity index is 2810. The summed E-state index contributed by atoms with van der Waals surface area (Å²) in [7, 11) is 0. The van der Waals surface area contributed by atoms with E-state index in [1.807, 2.05) is 18.2 Å². The maximum atomic E-state index is 13.9. The topological polar surface area (TPSA) is 82.2 Å². The van der Waals surface area contributed by atoms with Gasteiger partial charge in [0.25, 0.3) is 5.78 Å². The third-order valence-electron chi connectivity index (χ3n) is 9.23. The van der Waals surface area contributed by atoms with Gasteiger partial charge in [-0.3, -0.25) is 4.79 Å². The van der Waals surface area contributed by atoms with Gasteiger partial charge in [-0.2, -0.15) is 43.0 Å². The normalized spacial score (nSPS) is 13.1. The molecule has 1 N–H and O–H groups in total. The van der Waals surface area contributed by atoms with Gasteiger partial charge in [-0.1, -0.05) is 58.5 Å². The summed E-state index contributed by atoms with van der Waals surface area (Å²) in [5.74, 6) is -2.50. The fourth-order valence-electron chi connectivity index (χ4n) is 5.88. The van der Waals surface area contributed by atoms with Crippen molar-refractivity contribution >= 4 is 89.4 Å². The van der Waals surface area contributed by atoms with Crippen LogP contribution in [-0.2, 0) is 10.3 Å². The Hall–Kier alpha value is -4.09. The van der Waals surface area contributed by atoms with E-state index < -0.39 is 29.6 Å². The third-order valence-corrected chi connectivity index (χ3v) is 12.3. The Morgan fingerprint density at radius 1 is 0.746 bits per heavy atom. The standard InChI is InChI=1S/C19H11ClF4N2OS.C13H8BrFN2.C6H2ClF3OS.C4H8O.C4H9.Li/c20-17-8-7-16(28-17)18(27,19(22,23)24)12-1-6-15-11(9-12)10-25-26(15)14-4-2-13(21)3-5-14;14-10-1-6-13-9(7-10)8-16-17(13)12-4-2-11(15)3-5-12;7-4-2-1-3(12-4)5(11)6(8,9)10;1-2-4-5-3-1;1-3-4-2;/h1-10,27H;1-8H;1-2H;1-4H2;1,3-4H2,2H3;/q;;;;-1;+1. The summed E-state index contributed by atoms with van der Waals surface area (Å²) in [6, 6.07) is 26.4. The molecule has 0 amide bonds. The first-order valence-electron chi connectivity index (χ1n) is 19.7. The number of ether oxygens (including phenoxy) is 1. The maximum Gasteiger partial charge on any atom is 1.00 e. The molecule has 8 aromatic rings. The molecule has 1 aliphatic heterocycles. The molecule has 1 unspecified atom stereocenters. The maximum absolute atomic E-state index is 13.9. The van der Waals surface area contributed by atoms with E-state index in [4.69, 9.17) is 27.9 Å². The van der Waals surface area contributed by atoms with Gasteiger partial charge in [0.2, 0.25) is 5.60 Å². The number of halogens is 11. The first-order chi connectivity index (χ1) is 31.3. The molecule has 9 rings (SSSR count). The van der Waals surface area contributed by atoms with Crippen molar-refractivity contribution in [1.29, 1.82) is 0 Å². The number of benzene rings is 4. The van der Waals surface area contributed by atoms with Gasteiger partial charge in [0.05, 0.1) is 53.2 Å². The van der Waals surface area contributed by atoms with Crippen LogP contribution in [0.15, 0.2) is 126 Å². The Labute approximate surface area is 418 Å². The van der Waals surface area contributed by atoms with Crippen LogP contribution in [0.1, 0.15) is 52.7 Å². The van der Waals surface area contributed by atoms with Crippen molar-refractivity contribution in [3.05, 3.63) is 169 Å². The summed E-state index contributed by atoms with van der Waals surface area (Å²) in [4.78, 5) is 9.80. The second kappa shape index (κ2) is 25.0. The van der Waals surface area contributed by atoms with Crippen molar-refractivity contribution in [2.24, 2.45) is 0 Å². The molecule has 4 aromatic carbocycles. The van der Waals surface area contributed by atoms with Crippen molar-refractivity contribution in [1.82, 2.24) is 19.6 Å². The average molecular weight is 1070 g/mol. The number of rotatable bonds is 6. The van der Waals surface area contributed by atoms with E-state index in [0.717, 1.165) is 52.8 Å². The Kier molecular flexibility index (Phi) is 20.7. The first kappa shape index (κ1) is 55.5. The Balaban J connectivity index is 0.000000213. The van der Waals surface area contributed by atoms with Crippen LogP contribution in [0, 0.1) is 18.6 Å². The number of alkyl halides is 6. The molecular formula is C46H38BrCl2F8LiN4O3S2. The van der Waals surface area contributed by atoms with E-state index in [2.05, 4.69) is 40.0 Å². The number of thiophene rings is 2. The van der Waals surface area contributed by atoms with Crippen LogP contribution in [0.5, 0.6) is 0 Å². The summed E-state index contributed by atoms with van der Waals surface area (Å²) in [6.45, 7) is 7.72. The zero-order chi connectivity index (χ0) is 48.2. The van der Waals surface area contributed by atoms with Gasteiger partial charge in [-0.15, -0.1) is 22.7 Å². The van der Waals surface area contributed by atoms with Crippen molar-refractivity contribution in [3.63, 3.8) is 0 Å². The Morgan fingerprint density at radius 2 is 1.22 bits per heavy atom. The number of aliphatic hydroxyl groups is 1. The zero-order valence-corrected chi connectivity index (χ0v) is 40.3. The number of hydrogen-bond donors (Lipinski definition) is 1. The van der Waals surface area contributed by atoms with Crippen molar-refractivity contribution < 1.29 is 68.6 Å². The molecule has 0 aliphatic carbocycles. The molecule has 7 nitrogen and oxygen atoms in total. The summed E-state index contributed by atoms with van der Waals surface area (Å²) >= 11 is 15.8. The van der Waals surface area contributed by atoms with Gasteiger partial charge in [0.15, 0.2) is 0 Å². The molecule has 1 atom stereocenters. The molecule has 1 fully saturated rings. The second-order valence-electron chi connectivity index (χ2n) is 14.0. The minimum absolute atomic E-state index is 0. The number of carbonyl (C=O) groups is 1. The number of aromatic nitrogens is 4. The largest absolute Gasteiger partial charge is 1.00 e. The SMILES string of the molecule is C1CCOC1.Fc1ccc(-n2ncc3cc(Br)ccc32)cc1.O=C(c1ccc(Cl)s1)C(F)(F)F.OC(c1ccc2c(cnn2-c2ccc(F)cc2)c1)(c1ccc(Cl)s1)C(F)(F)F.[CH2-]CCC.[Li+]. The molecule has 0 spiro atoms. The summed E-state index contributed by atoms with van der Waals surface area (Å²) in [5, 5.41) is 20.6. The predicted octanol–water partition coefficient (Wildman–Crippen LogP) is 12.2. The van der Waals surface area contributed by atoms with Crippen molar-refractivity contribution in [2.45, 2.75) is 50.6 Å². The van der Waals surface area contributed by atoms with Crippen LogP contribution in [0.3, 0.4) is 0 Å². The van der Waals surface area contributed by atoms with Crippen LogP contribution in [0.25, 0.3) is 33.2 Å². The van der Waals surface area contributed by atoms with Crippen molar-refractivity contribution in [3.8, 4) is 11.4 Å². The molecule has 0 saturated carbocycles. The molecule has 0 radical (unpaired) electrons. The first-order valence-corrected chi connectivity index (χ1v) is 22.9. The number of Topliss-reactive ketones (excluding diaryl/α,β-unsaturated/α-hetero) is 1. The molecule has 1 saturated heterocycles. The molecule has 1 aliphatic rings. The van der Waals surface area contributed by atoms with Crippen molar-refractivity contribution in [2.75, 3.05) is 13.2 Å². The molecule has 4 aromatic heterocycles. The number of carbonyl (C=O) groups excluding carboxylic acids is 1. The van der Waals surface area contributed by atoms with Crippen LogP contribution in [-0.4, -0.2) is 56.0 Å². The van der Waals surface area contributed by atoms with Crippen LogP contribution >= 0.6 is 61.8 Å². The Morgan fingerprint density at radius 3 is 1.63 bits per heavy atom. The van der Waals surface area contributed by atoms with Gasteiger partial charge in [-0.25, -0.2) is 18.1 Å². The minimum atomic E-state index is -4.96. The van der Waals surface area contributed by atoms with Crippen LogP contribution in [0.2, 0.25) is 8.67 Å². The predicted molar refractivity (Wildman–Crippen MR) is 248 cm³/mol. The van der Waals surface area contributed by atoms with Gasteiger partial charge >= 0.3 is 31.2 Å². The number of ketones is 1. The molecule has 5 heterocycles. The second-order valence-corrected chi connectivity index (χ2v) is 18.3. The van der Waals surface area contributed by atoms with E-state index in [1.165, 1.54) is 96.9 Å². The van der Waals surface area contributed by atoms with E-state index in [1.54, 1.807) is 23.0 Å². The van der Waals surface area contributed by atoms with Crippen LogP contribution < -0.4 is 18.9 Å². The molecule has 350 valence electrons. The monoisotopic (exact) mass is 1070 g/mol. The van der Waals surface area contributed by atoms with E-state index in [-0.39, 0.29) is 48.7 Å².